The number of rotatable bonds is 5. The van der Waals surface area contributed by atoms with Gasteiger partial charge in [0.15, 0.2) is 0 Å². The molecule has 0 saturated heterocycles. The van der Waals surface area contributed by atoms with Gasteiger partial charge in [0.05, 0.1) is 12.0 Å². The van der Waals surface area contributed by atoms with Gasteiger partial charge in [0.25, 0.3) is 0 Å². The van der Waals surface area contributed by atoms with Crippen molar-refractivity contribution in [2.24, 2.45) is 5.41 Å². The van der Waals surface area contributed by atoms with E-state index in [-0.39, 0.29) is 5.41 Å². The summed E-state index contributed by atoms with van der Waals surface area (Å²) in [5, 5.41) is 12.4. The van der Waals surface area contributed by atoms with E-state index in [1.54, 1.807) is 6.33 Å². The van der Waals surface area contributed by atoms with Gasteiger partial charge in [-0.3, -0.25) is 0 Å². The van der Waals surface area contributed by atoms with Crippen LogP contribution in [-0.4, -0.2) is 28.2 Å². The van der Waals surface area contributed by atoms with Crippen molar-refractivity contribution in [1.82, 2.24) is 15.3 Å². The maximum atomic E-state index is 9.11. The minimum Gasteiger partial charge on any atom is -0.396 e. The van der Waals surface area contributed by atoms with Gasteiger partial charge >= 0.3 is 0 Å². The molecule has 0 aromatic carbocycles. The van der Waals surface area contributed by atoms with Crippen molar-refractivity contribution in [1.29, 1.82) is 0 Å². The molecule has 1 heterocycles. The Bertz CT molecular complexity index is 304. The first kappa shape index (κ1) is 9.68. The molecule has 4 nitrogen and oxygen atoms in total. The van der Waals surface area contributed by atoms with Gasteiger partial charge in [-0.05, 0) is 19.8 Å². The molecule has 1 aliphatic rings. The van der Waals surface area contributed by atoms with E-state index in [4.69, 9.17) is 5.11 Å². The number of nitrogens with zero attached hydrogens (tertiary/aromatic N) is 1. The summed E-state index contributed by atoms with van der Waals surface area (Å²) >= 11 is 0. The van der Waals surface area contributed by atoms with Crippen LogP contribution < -0.4 is 5.32 Å². The number of nitrogens with one attached hydrogen (secondary N) is 2. The molecule has 1 aromatic heterocycles. The van der Waals surface area contributed by atoms with Crippen molar-refractivity contribution in [2.45, 2.75) is 26.3 Å². The van der Waals surface area contributed by atoms with E-state index in [0.29, 0.717) is 6.61 Å². The lowest BCUT2D eigenvalue weighted by atomic mass is 10.1. The second-order valence-corrected chi connectivity index (χ2v) is 4.24. The third-order valence-corrected chi connectivity index (χ3v) is 3.02. The van der Waals surface area contributed by atoms with E-state index in [0.717, 1.165) is 37.3 Å². The number of H-pyrrole nitrogens is 1. The molecule has 0 amide bonds. The predicted octanol–water partition coefficient (Wildman–Crippen LogP) is 0.580. The Morgan fingerprint density at radius 1 is 1.64 bits per heavy atom. The van der Waals surface area contributed by atoms with Crippen molar-refractivity contribution in [3.05, 3.63) is 17.7 Å². The van der Waals surface area contributed by atoms with Gasteiger partial charge < -0.3 is 15.4 Å². The average molecular weight is 195 g/mol. The zero-order valence-electron chi connectivity index (χ0n) is 8.51. The molecule has 4 heteroatoms. The van der Waals surface area contributed by atoms with Crippen LogP contribution in [0, 0.1) is 12.3 Å². The van der Waals surface area contributed by atoms with Crippen LogP contribution in [0.2, 0.25) is 0 Å². The SMILES string of the molecule is Cc1[nH]cnc1CNCC1(CO)CC1. The fraction of sp³-hybridized carbons (Fsp3) is 0.700. The van der Waals surface area contributed by atoms with Crippen LogP contribution in [0.5, 0.6) is 0 Å². The standard InChI is InChI=1S/C10H17N3O/c1-8-9(13-7-12-8)4-11-5-10(6-14)2-3-10/h7,11,14H,2-6H2,1H3,(H,12,13). The van der Waals surface area contributed by atoms with Crippen molar-refractivity contribution in [3.8, 4) is 0 Å². The molecule has 78 valence electrons. The fourth-order valence-corrected chi connectivity index (χ4v) is 1.58. The second-order valence-electron chi connectivity index (χ2n) is 4.24. The maximum Gasteiger partial charge on any atom is 0.0925 e. The molecule has 0 radical (unpaired) electrons. The van der Waals surface area contributed by atoms with E-state index in [9.17, 15) is 0 Å². The number of aryl methyl sites for hydroxylation is 1. The number of hydrogen-bond donors (Lipinski definition) is 3. The topological polar surface area (TPSA) is 60.9 Å². The van der Waals surface area contributed by atoms with Crippen molar-refractivity contribution < 1.29 is 5.11 Å². The lowest BCUT2D eigenvalue weighted by Gasteiger charge is -2.11. The monoisotopic (exact) mass is 195 g/mol. The summed E-state index contributed by atoms with van der Waals surface area (Å²) in [7, 11) is 0. The van der Waals surface area contributed by atoms with Gasteiger partial charge in [-0.1, -0.05) is 0 Å². The van der Waals surface area contributed by atoms with Crippen LogP contribution >= 0.6 is 0 Å². The summed E-state index contributed by atoms with van der Waals surface area (Å²) in [5.41, 5.74) is 2.37. The van der Waals surface area contributed by atoms with E-state index in [2.05, 4.69) is 15.3 Å². The van der Waals surface area contributed by atoms with Crippen molar-refractivity contribution in [3.63, 3.8) is 0 Å². The van der Waals surface area contributed by atoms with E-state index >= 15 is 0 Å². The van der Waals surface area contributed by atoms with Crippen LogP contribution in [0.15, 0.2) is 6.33 Å². The molecule has 14 heavy (non-hydrogen) atoms. The minimum atomic E-state index is 0.185. The lowest BCUT2D eigenvalue weighted by Crippen LogP contribution is -2.26. The Morgan fingerprint density at radius 3 is 2.93 bits per heavy atom. The normalized spacial score (nSPS) is 18.4. The first-order chi connectivity index (χ1) is 6.76. The summed E-state index contributed by atoms with van der Waals surface area (Å²) in [6, 6.07) is 0. The molecule has 0 bridgehead atoms. The minimum absolute atomic E-state index is 0.185. The third kappa shape index (κ3) is 1.96. The Labute approximate surface area is 83.8 Å². The number of aromatic amines is 1. The molecule has 1 fully saturated rings. The van der Waals surface area contributed by atoms with Gasteiger partial charge in [-0.15, -0.1) is 0 Å². The Morgan fingerprint density at radius 2 is 2.43 bits per heavy atom. The molecule has 1 saturated carbocycles. The van der Waals surface area contributed by atoms with Gasteiger partial charge in [-0.2, -0.15) is 0 Å². The number of aliphatic hydroxyl groups is 1. The number of imidazole rings is 1. The molecular formula is C10H17N3O. The molecular weight excluding hydrogens is 178 g/mol. The highest BCUT2D eigenvalue weighted by atomic mass is 16.3. The van der Waals surface area contributed by atoms with Gasteiger partial charge in [0.2, 0.25) is 0 Å². The molecule has 0 atom stereocenters. The molecule has 0 unspecified atom stereocenters. The van der Waals surface area contributed by atoms with Gasteiger partial charge in [-0.25, -0.2) is 4.98 Å². The summed E-state index contributed by atoms with van der Waals surface area (Å²) in [4.78, 5) is 7.25. The smallest absolute Gasteiger partial charge is 0.0925 e. The molecule has 1 aliphatic carbocycles. The molecule has 1 aromatic rings. The largest absolute Gasteiger partial charge is 0.396 e. The molecule has 3 N–H and O–H groups in total. The number of aromatic nitrogens is 2. The van der Waals surface area contributed by atoms with Crippen molar-refractivity contribution >= 4 is 0 Å². The Kier molecular flexibility index (Phi) is 2.56. The molecule has 0 spiro atoms. The van der Waals surface area contributed by atoms with Crippen LogP contribution in [0.4, 0.5) is 0 Å². The molecule has 2 rings (SSSR count). The summed E-state index contributed by atoms with van der Waals surface area (Å²) < 4.78 is 0. The quantitative estimate of drug-likeness (QED) is 0.644. The van der Waals surface area contributed by atoms with Gasteiger partial charge in [0.1, 0.15) is 0 Å². The maximum absolute atomic E-state index is 9.11. The first-order valence-corrected chi connectivity index (χ1v) is 5.06. The average Bonchev–Trinajstić information content (AvgIpc) is 2.86. The summed E-state index contributed by atoms with van der Waals surface area (Å²) in [5.74, 6) is 0. The lowest BCUT2D eigenvalue weighted by molar-refractivity contribution is 0.207. The third-order valence-electron chi connectivity index (χ3n) is 3.02. The second kappa shape index (κ2) is 3.71. The molecule has 0 aliphatic heterocycles. The van der Waals surface area contributed by atoms with Crippen molar-refractivity contribution in [2.75, 3.05) is 13.2 Å². The highest BCUT2D eigenvalue weighted by molar-refractivity contribution is 5.08. The summed E-state index contributed by atoms with van der Waals surface area (Å²) in [6.07, 6.45) is 4.01. The van der Waals surface area contributed by atoms with Crippen LogP contribution in [0.1, 0.15) is 24.2 Å². The zero-order valence-corrected chi connectivity index (χ0v) is 8.51. The van der Waals surface area contributed by atoms with E-state index in [1.807, 2.05) is 6.92 Å². The van der Waals surface area contributed by atoms with Crippen LogP contribution in [0.25, 0.3) is 0 Å². The predicted molar refractivity (Wildman–Crippen MR) is 53.8 cm³/mol. The first-order valence-electron chi connectivity index (χ1n) is 5.06. The Balaban J connectivity index is 1.76. The Hall–Kier alpha value is -0.870. The highest BCUT2D eigenvalue weighted by Gasteiger charge is 2.41. The van der Waals surface area contributed by atoms with Gasteiger partial charge in [0, 0.05) is 30.8 Å². The van der Waals surface area contributed by atoms with E-state index < -0.39 is 0 Å². The summed E-state index contributed by atoms with van der Waals surface area (Å²) in [6.45, 7) is 4.01. The number of hydrogen-bond acceptors (Lipinski definition) is 3. The van der Waals surface area contributed by atoms with Crippen LogP contribution in [-0.2, 0) is 6.54 Å². The zero-order chi connectivity index (χ0) is 10.0. The highest BCUT2D eigenvalue weighted by Crippen LogP contribution is 2.44. The van der Waals surface area contributed by atoms with Crippen LogP contribution in [0.3, 0.4) is 0 Å². The number of aliphatic hydroxyl groups excluding tert-OH is 1. The van der Waals surface area contributed by atoms with E-state index in [1.165, 1.54) is 0 Å². The fourth-order valence-electron chi connectivity index (χ4n) is 1.58.